The average Bonchev–Trinajstić information content (AvgIpc) is 2.94. The number of aryl methyl sites for hydroxylation is 1. The van der Waals surface area contributed by atoms with Gasteiger partial charge < -0.3 is 28.3 Å². The molecule has 1 aliphatic heterocycles. The Morgan fingerprint density at radius 2 is 1.75 bits per heavy atom. The van der Waals surface area contributed by atoms with Crippen molar-refractivity contribution < 1.29 is 28.2 Å². The second kappa shape index (κ2) is 11.7. The number of methoxy groups -OCH3 is 2. The van der Waals surface area contributed by atoms with E-state index in [1.54, 1.807) is 43.4 Å². The Bertz CT molecular complexity index is 1630. The van der Waals surface area contributed by atoms with Gasteiger partial charge in [0.05, 0.1) is 25.3 Å². The van der Waals surface area contributed by atoms with E-state index in [4.69, 9.17) is 46.6 Å². The molecule has 1 atom stereocenters. The van der Waals surface area contributed by atoms with Crippen LogP contribution in [0.3, 0.4) is 0 Å². The van der Waals surface area contributed by atoms with E-state index >= 15 is 0 Å². The molecule has 1 amide bonds. The number of benzene rings is 3. The van der Waals surface area contributed by atoms with Crippen molar-refractivity contribution in [3.05, 3.63) is 91.8 Å². The summed E-state index contributed by atoms with van der Waals surface area (Å²) in [6.07, 6.45) is 0.611. The minimum atomic E-state index is -0.458. The summed E-state index contributed by atoms with van der Waals surface area (Å²) in [5.74, 6) is 1.80. The molecule has 0 saturated heterocycles. The van der Waals surface area contributed by atoms with E-state index in [1.807, 2.05) is 31.2 Å². The van der Waals surface area contributed by atoms with Crippen molar-refractivity contribution in [1.29, 1.82) is 0 Å². The Hall–Kier alpha value is -3.88. The highest BCUT2D eigenvalue weighted by atomic mass is 35.5. The van der Waals surface area contributed by atoms with Gasteiger partial charge in [-0.1, -0.05) is 23.2 Å². The third kappa shape index (κ3) is 5.69. The van der Waals surface area contributed by atoms with Crippen molar-refractivity contribution in [3.63, 3.8) is 0 Å². The fraction of sp³-hybridized carbons (Fsp3) is 0.267. The monoisotopic (exact) mass is 583 g/mol. The fourth-order valence-electron chi connectivity index (χ4n) is 4.89. The standard InChI is InChI=1S/C30H27Cl2NO7/c1-17-10-30(35)40-26-13-20(5-6-21(17)26)38-15-24-22-14-28(37-3)27(36-2)11-18(22)8-9-33(24)29(34)16-39-25-7-4-19(31)12-23(25)32/h4-7,10-14,24H,8-9,15-16H2,1-3H3. The summed E-state index contributed by atoms with van der Waals surface area (Å²) in [5.41, 5.74) is 2.72. The molecule has 1 aromatic heterocycles. The number of hydrogen-bond donors (Lipinski definition) is 0. The first-order valence-corrected chi connectivity index (χ1v) is 13.3. The number of nitrogens with zero attached hydrogens (tertiary/aromatic N) is 1. The van der Waals surface area contributed by atoms with Crippen LogP contribution in [0, 0.1) is 6.92 Å². The van der Waals surface area contributed by atoms with Crippen LogP contribution in [0.1, 0.15) is 22.7 Å². The smallest absolute Gasteiger partial charge is 0.336 e. The molecule has 2 heterocycles. The van der Waals surface area contributed by atoms with Gasteiger partial charge in [0.1, 0.15) is 23.7 Å². The van der Waals surface area contributed by atoms with Crippen LogP contribution in [0.5, 0.6) is 23.0 Å². The lowest BCUT2D eigenvalue weighted by atomic mass is 9.92. The highest BCUT2D eigenvalue weighted by molar-refractivity contribution is 6.35. The predicted molar refractivity (Wildman–Crippen MR) is 152 cm³/mol. The van der Waals surface area contributed by atoms with Crippen LogP contribution in [-0.4, -0.2) is 44.8 Å². The molecule has 0 fully saturated rings. The number of hydrogen-bond acceptors (Lipinski definition) is 7. The lowest BCUT2D eigenvalue weighted by Gasteiger charge is -2.37. The summed E-state index contributed by atoms with van der Waals surface area (Å²) >= 11 is 12.2. The van der Waals surface area contributed by atoms with Gasteiger partial charge in [-0.15, -0.1) is 0 Å². The molecule has 0 spiro atoms. The van der Waals surface area contributed by atoms with Gasteiger partial charge >= 0.3 is 5.63 Å². The Balaban J connectivity index is 1.43. The first-order chi connectivity index (χ1) is 19.3. The topological polar surface area (TPSA) is 87.4 Å². The summed E-state index contributed by atoms with van der Waals surface area (Å²) in [6.45, 7) is 2.21. The minimum Gasteiger partial charge on any atom is -0.493 e. The molecule has 3 aromatic carbocycles. The maximum Gasteiger partial charge on any atom is 0.336 e. The van der Waals surface area contributed by atoms with Gasteiger partial charge in [-0.2, -0.15) is 0 Å². The maximum atomic E-state index is 13.5. The van der Waals surface area contributed by atoms with E-state index in [0.29, 0.717) is 51.6 Å². The van der Waals surface area contributed by atoms with Crippen LogP contribution in [0.15, 0.2) is 63.8 Å². The molecule has 0 bridgehead atoms. The van der Waals surface area contributed by atoms with E-state index in [0.717, 1.165) is 22.1 Å². The largest absolute Gasteiger partial charge is 0.493 e. The summed E-state index contributed by atoms with van der Waals surface area (Å²) in [5, 5.41) is 1.61. The molecular weight excluding hydrogens is 557 g/mol. The van der Waals surface area contributed by atoms with E-state index in [2.05, 4.69) is 0 Å². The molecule has 1 aliphatic rings. The van der Waals surface area contributed by atoms with E-state index in [1.165, 1.54) is 6.07 Å². The van der Waals surface area contributed by atoms with Crippen molar-refractivity contribution in [1.82, 2.24) is 4.90 Å². The zero-order valence-electron chi connectivity index (χ0n) is 22.2. The summed E-state index contributed by atoms with van der Waals surface area (Å²) in [6, 6.07) is 15.0. The highest BCUT2D eigenvalue weighted by Gasteiger charge is 2.33. The van der Waals surface area contributed by atoms with Crippen molar-refractivity contribution in [3.8, 4) is 23.0 Å². The molecule has 0 saturated carbocycles. The van der Waals surface area contributed by atoms with Gasteiger partial charge in [0.2, 0.25) is 0 Å². The molecular formula is C30H27Cl2NO7. The predicted octanol–water partition coefficient (Wildman–Crippen LogP) is 6.01. The van der Waals surface area contributed by atoms with Gasteiger partial charge in [-0.25, -0.2) is 4.79 Å². The van der Waals surface area contributed by atoms with E-state index in [9.17, 15) is 9.59 Å². The van der Waals surface area contributed by atoms with Crippen molar-refractivity contribution in [2.75, 3.05) is 34.0 Å². The molecule has 0 radical (unpaired) electrons. The van der Waals surface area contributed by atoms with Gasteiger partial charge in [-0.3, -0.25) is 4.79 Å². The second-order valence-corrected chi connectivity index (χ2v) is 10.2. The summed E-state index contributed by atoms with van der Waals surface area (Å²) in [4.78, 5) is 27.1. The number of carbonyl (C=O) groups excluding carboxylic acids is 1. The van der Waals surface area contributed by atoms with Crippen LogP contribution in [0.2, 0.25) is 10.0 Å². The molecule has 40 heavy (non-hydrogen) atoms. The summed E-state index contributed by atoms with van der Waals surface area (Å²) in [7, 11) is 3.15. The molecule has 208 valence electrons. The Morgan fingerprint density at radius 3 is 2.50 bits per heavy atom. The maximum absolute atomic E-state index is 13.5. The number of rotatable bonds is 8. The first kappa shape index (κ1) is 27.7. The van der Waals surface area contributed by atoms with Crippen LogP contribution < -0.4 is 24.6 Å². The number of carbonyl (C=O) groups is 1. The normalized spacial score (nSPS) is 14.5. The number of fused-ring (bicyclic) bond motifs is 2. The Kier molecular flexibility index (Phi) is 8.09. The highest BCUT2D eigenvalue weighted by Crippen LogP contribution is 2.39. The first-order valence-electron chi connectivity index (χ1n) is 12.6. The second-order valence-electron chi connectivity index (χ2n) is 9.34. The number of amides is 1. The van der Waals surface area contributed by atoms with Crippen molar-refractivity contribution >= 4 is 40.1 Å². The fourth-order valence-corrected chi connectivity index (χ4v) is 5.35. The van der Waals surface area contributed by atoms with Crippen LogP contribution in [0.25, 0.3) is 11.0 Å². The Morgan fingerprint density at radius 1 is 0.975 bits per heavy atom. The SMILES string of the molecule is COc1cc2c(cc1OC)C(COc1ccc3c(C)cc(=O)oc3c1)N(C(=O)COc1ccc(Cl)cc1Cl)CC2. The van der Waals surface area contributed by atoms with Crippen LogP contribution in [-0.2, 0) is 11.2 Å². The van der Waals surface area contributed by atoms with Gasteiger partial charge in [0.15, 0.2) is 18.1 Å². The molecule has 8 nitrogen and oxygen atoms in total. The third-order valence-corrected chi connectivity index (χ3v) is 7.43. The molecule has 0 N–H and O–H groups in total. The average molecular weight is 584 g/mol. The number of ether oxygens (including phenoxy) is 4. The van der Waals surface area contributed by atoms with Crippen molar-refractivity contribution in [2.45, 2.75) is 19.4 Å². The number of halogens is 2. The molecule has 10 heteroatoms. The van der Waals surface area contributed by atoms with E-state index < -0.39 is 11.7 Å². The quantitative estimate of drug-likeness (QED) is 0.235. The van der Waals surface area contributed by atoms with Gasteiger partial charge in [0.25, 0.3) is 5.91 Å². The lowest BCUT2D eigenvalue weighted by molar-refractivity contribution is -0.137. The molecule has 4 aromatic rings. The van der Waals surface area contributed by atoms with Crippen molar-refractivity contribution in [2.24, 2.45) is 0 Å². The van der Waals surface area contributed by atoms with E-state index in [-0.39, 0.29) is 19.1 Å². The van der Waals surface area contributed by atoms with Gasteiger partial charge in [0, 0.05) is 29.1 Å². The molecule has 0 aliphatic carbocycles. The zero-order chi connectivity index (χ0) is 28.4. The van der Waals surface area contributed by atoms with Crippen LogP contribution >= 0.6 is 23.2 Å². The molecule has 5 rings (SSSR count). The molecule has 1 unspecified atom stereocenters. The van der Waals surface area contributed by atoms with Gasteiger partial charge in [-0.05, 0) is 72.5 Å². The summed E-state index contributed by atoms with van der Waals surface area (Å²) < 4.78 is 28.4. The lowest BCUT2D eigenvalue weighted by Crippen LogP contribution is -2.44. The Labute approximate surface area is 240 Å². The third-order valence-electron chi connectivity index (χ3n) is 6.90. The van der Waals surface area contributed by atoms with Crippen LogP contribution in [0.4, 0.5) is 0 Å². The zero-order valence-corrected chi connectivity index (χ0v) is 23.7. The minimum absolute atomic E-state index is 0.136.